The minimum Gasteiger partial charge on any atom is -0.452 e. The lowest BCUT2D eigenvalue weighted by molar-refractivity contribution is -0.154. The third-order valence-corrected chi connectivity index (χ3v) is 5.70. The molecule has 2 heterocycles. The van der Waals surface area contributed by atoms with Crippen molar-refractivity contribution in [1.29, 1.82) is 0 Å². The van der Waals surface area contributed by atoms with Crippen molar-refractivity contribution < 1.29 is 14.3 Å². The van der Waals surface area contributed by atoms with Crippen LogP contribution in [-0.4, -0.2) is 49.9 Å². The van der Waals surface area contributed by atoms with Crippen LogP contribution in [0.1, 0.15) is 56.0 Å². The summed E-state index contributed by atoms with van der Waals surface area (Å²) in [6, 6.07) is 0.191. The smallest absolute Gasteiger partial charge is 0.311 e. The lowest BCUT2D eigenvalue weighted by Crippen LogP contribution is -2.43. The first kappa shape index (κ1) is 20.6. The quantitative estimate of drug-likeness (QED) is 0.582. The lowest BCUT2D eigenvalue weighted by Gasteiger charge is -2.24. The SMILES string of the molecule is CSc1nc2nc(C)c(CC(=O)OC(C)C(=O)NC3CCCCC3)c(C)n2n1. The van der Waals surface area contributed by atoms with Gasteiger partial charge in [-0.1, -0.05) is 31.0 Å². The zero-order chi connectivity index (χ0) is 20.3. The van der Waals surface area contributed by atoms with E-state index in [-0.39, 0.29) is 18.4 Å². The first-order valence-electron chi connectivity index (χ1n) is 9.65. The number of nitrogens with zero attached hydrogens (tertiary/aromatic N) is 4. The molecule has 9 heteroatoms. The number of amides is 1. The molecular weight excluding hydrogens is 378 g/mol. The Morgan fingerprint density at radius 3 is 2.64 bits per heavy atom. The van der Waals surface area contributed by atoms with Crippen LogP contribution >= 0.6 is 11.8 Å². The van der Waals surface area contributed by atoms with Gasteiger partial charge in [-0.15, -0.1) is 5.10 Å². The summed E-state index contributed by atoms with van der Waals surface area (Å²) in [7, 11) is 0. The molecule has 1 N–H and O–H groups in total. The molecule has 0 bridgehead atoms. The first-order chi connectivity index (χ1) is 13.4. The number of esters is 1. The maximum Gasteiger partial charge on any atom is 0.311 e. The Morgan fingerprint density at radius 1 is 1.25 bits per heavy atom. The van der Waals surface area contributed by atoms with Gasteiger partial charge in [-0.2, -0.15) is 4.98 Å². The summed E-state index contributed by atoms with van der Waals surface area (Å²) in [4.78, 5) is 33.5. The fourth-order valence-corrected chi connectivity index (χ4v) is 3.87. The fourth-order valence-electron chi connectivity index (χ4n) is 3.53. The van der Waals surface area contributed by atoms with Crippen LogP contribution in [0.4, 0.5) is 0 Å². The summed E-state index contributed by atoms with van der Waals surface area (Å²) in [5.41, 5.74) is 2.25. The number of rotatable bonds is 6. The van der Waals surface area contributed by atoms with E-state index < -0.39 is 12.1 Å². The van der Waals surface area contributed by atoms with Crippen LogP contribution in [0.2, 0.25) is 0 Å². The number of hydrogen-bond donors (Lipinski definition) is 1. The van der Waals surface area contributed by atoms with Crippen LogP contribution in [-0.2, 0) is 20.7 Å². The van der Waals surface area contributed by atoms with Crippen LogP contribution in [0, 0.1) is 13.8 Å². The Hall–Kier alpha value is -2.16. The summed E-state index contributed by atoms with van der Waals surface area (Å²) in [5.74, 6) is -0.177. The summed E-state index contributed by atoms with van der Waals surface area (Å²) in [6.45, 7) is 5.32. The van der Waals surface area contributed by atoms with Gasteiger partial charge in [-0.05, 0) is 39.9 Å². The van der Waals surface area contributed by atoms with E-state index in [1.807, 2.05) is 20.1 Å². The molecule has 2 aromatic heterocycles. The Labute approximate surface area is 168 Å². The molecule has 0 aromatic carbocycles. The second-order valence-electron chi connectivity index (χ2n) is 7.22. The molecule has 1 aliphatic rings. The first-order valence-corrected chi connectivity index (χ1v) is 10.9. The molecular formula is C19H27N5O3S. The molecule has 1 unspecified atom stereocenters. The van der Waals surface area contributed by atoms with Gasteiger partial charge in [0.05, 0.1) is 6.42 Å². The molecule has 1 saturated carbocycles. The zero-order valence-electron chi connectivity index (χ0n) is 16.8. The molecule has 1 atom stereocenters. The van der Waals surface area contributed by atoms with Gasteiger partial charge < -0.3 is 10.1 Å². The van der Waals surface area contributed by atoms with E-state index in [9.17, 15) is 9.59 Å². The number of thioether (sulfide) groups is 1. The second-order valence-corrected chi connectivity index (χ2v) is 8.00. The molecule has 1 fully saturated rings. The predicted molar refractivity (Wildman–Crippen MR) is 106 cm³/mol. The summed E-state index contributed by atoms with van der Waals surface area (Å²) in [6.07, 6.45) is 6.59. The summed E-state index contributed by atoms with van der Waals surface area (Å²) >= 11 is 1.44. The van der Waals surface area contributed by atoms with E-state index in [2.05, 4.69) is 20.4 Å². The highest BCUT2D eigenvalue weighted by Crippen LogP contribution is 2.19. The average Bonchev–Trinajstić information content (AvgIpc) is 3.09. The molecule has 0 aliphatic heterocycles. The zero-order valence-corrected chi connectivity index (χ0v) is 17.6. The molecule has 0 radical (unpaired) electrons. The number of hydrogen-bond acceptors (Lipinski definition) is 7. The molecule has 152 valence electrons. The highest BCUT2D eigenvalue weighted by Gasteiger charge is 2.23. The Kier molecular flexibility index (Phi) is 6.53. The molecule has 1 amide bonds. The molecule has 3 rings (SSSR count). The van der Waals surface area contributed by atoms with Gasteiger partial charge in [0.2, 0.25) is 5.16 Å². The Bertz CT molecular complexity index is 876. The molecule has 0 saturated heterocycles. The molecule has 1 aliphatic carbocycles. The monoisotopic (exact) mass is 405 g/mol. The Balaban J connectivity index is 1.64. The Morgan fingerprint density at radius 2 is 1.96 bits per heavy atom. The van der Waals surface area contributed by atoms with Crippen LogP contribution < -0.4 is 5.32 Å². The van der Waals surface area contributed by atoms with Crippen LogP contribution in [0.15, 0.2) is 5.16 Å². The van der Waals surface area contributed by atoms with E-state index in [0.29, 0.717) is 16.6 Å². The number of nitrogens with one attached hydrogen (secondary N) is 1. The third kappa shape index (κ3) is 4.63. The predicted octanol–water partition coefficient (Wildman–Crippen LogP) is 2.39. The van der Waals surface area contributed by atoms with E-state index in [1.165, 1.54) is 18.2 Å². The molecule has 0 spiro atoms. The standard InChI is InChI=1S/C19H27N5O3S/c1-11-15(12(2)24-18(20-11)22-19(23-24)28-4)10-16(25)27-13(3)17(26)21-14-8-6-5-7-9-14/h13-14H,5-10H2,1-4H3,(H,21,26). The van der Waals surface area contributed by atoms with E-state index in [1.54, 1.807) is 11.4 Å². The van der Waals surface area contributed by atoms with Crippen molar-refractivity contribution in [2.75, 3.05) is 6.26 Å². The van der Waals surface area contributed by atoms with Crippen molar-refractivity contribution in [3.05, 3.63) is 17.0 Å². The van der Waals surface area contributed by atoms with Crippen LogP contribution in [0.25, 0.3) is 5.78 Å². The topological polar surface area (TPSA) is 98.5 Å². The maximum atomic E-state index is 12.4. The van der Waals surface area contributed by atoms with Gasteiger partial charge >= 0.3 is 5.97 Å². The van der Waals surface area contributed by atoms with Gasteiger partial charge in [0.1, 0.15) is 0 Å². The minimum atomic E-state index is -0.818. The number of carbonyl (C=O) groups is 2. The fraction of sp³-hybridized carbons (Fsp3) is 0.632. The van der Waals surface area contributed by atoms with Gasteiger partial charge in [-0.3, -0.25) is 9.59 Å². The molecule has 2 aromatic rings. The lowest BCUT2D eigenvalue weighted by atomic mass is 9.95. The molecule has 8 nitrogen and oxygen atoms in total. The molecule has 28 heavy (non-hydrogen) atoms. The van der Waals surface area contributed by atoms with Crippen molar-refractivity contribution in [3.8, 4) is 0 Å². The van der Waals surface area contributed by atoms with E-state index in [4.69, 9.17) is 4.74 Å². The largest absolute Gasteiger partial charge is 0.452 e. The van der Waals surface area contributed by atoms with Gasteiger partial charge in [0.25, 0.3) is 11.7 Å². The highest BCUT2D eigenvalue weighted by atomic mass is 32.2. The van der Waals surface area contributed by atoms with Gasteiger partial charge in [0, 0.05) is 23.0 Å². The summed E-state index contributed by atoms with van der Waals surface area (Å²) in [5, 5.41) is 8.00. The third-order valence-electron chi connectivity index (χ3n) is 5.16. The number of ether oxygens (including phenoxy) is 1. The van der Waals surface area contributed by atoms with Crippen molar-refractivity contribution in [2.45, 2.75) is 76.6 Å². The van der Waals surface area contributed by atoms with Crippen molar-refractivity contribution in [2.24, 2.45) is 0 Å². The summed E-state index contributed by atoms with van der Waals surface area (Å²) < 4.78 is 7.02. The highest BCUT2D eigenvalue weighted by molar-refractivity contribution is 7.98. The minimum absolute atomic E-state index is 0.0378. The van der Waals surface area contributed by atoms with Crippen LogP contribution in [0.3, 0.4) is 0 Å². The number of aromatic nitrogens is 4. The van der Waals surface area contributed by atoms with Crippen molar-refractivity contribution in [3.63, 3.8) is 0 Å². The van der Waals surface area contributed by atoms with Crippen molar-refractivity contribution >= 4 is 29.4 Å². The second kappa shape index (κ2) is 8.89. The number of aryl methyl sites for hydroxylation is 2. The average molecular weight is 406 g/mol. The number of fused-ring (bicyclic) bond motifs is 1. The maximum absolute atomic E-state index is 12.4. The number of carbonyl (C=O) groups excluding carboxylic acids is 2. The van der Waals surface area contributed by atoms with E-state index in [0.717, 1.165) is 36.9 Å². The van der Waals surface area contributed by atoms with Crippen LogP contribution in [0.5, 0.6) is 0 Å². The normalized spacial score (nSPS) is 16.1. The van der Waals surface area contributed by atoms with Gasteiger partial charge in [-0.25, -0.2) is 9.50 Å². The van der Waals surface area contributed by atoms with E-state index >= 15 is 0 Å². The van der Waals surface area contributed by atoms with Gasteiger partial charge in [0.15, 0.2) is 6.10 Å². The van der Waals surface area contributed by atoms with Crippen molar-refractivity contribution in [1.82, 2.24) is 24.9 Å².